The molecule has 3 atom stereocenters. The number of likely N-dealkylation sites (tertiary alicyclic amines) is 1. The minimum absolute atomic E-state index is 0. The van der Waals surface area contributed by atoms with Crippen molar-refractivity contribution in [3.8, 4) is 0 Å². The van der Waals surface area contributed by atoms with Gasteiger partial charge in [0.1, 0.15) is 11.6 Å². The number of hydrogen-bond acceptors (Lipinski definition) is 5. The monoisotopic (exact) mass is 585 g/mol. The van der Waals surface area contributed by atoms with Crippen LogP contribution in [0.3, 0.4) is 0 Å². The van der Waals surface area contributed by atoms with Crippen LogP contribution in [-0.4, -0.2) is 74.2 Å². The van der Waals surface area contributed by atoms with Crippen LogP contribution >= 0.6 is 12.4 Å². The van der Waals surface area contributed by atoms with E-state index in [-0.39, 0.29) is 36.2 Å². The van der Waals surface area contributed by atoms with Gasteiger partial charge in [0.15, 0.2) is 0 Å². The van der Waals surface area contributed by atoms with E-state index in [0.29, 0.717) is 32.5 Å². The largest absolute Gasteiger partial charge is 0.390 e. The summed E-state index contributed by atoms with van der Waals surface area (Å²) in [4.78, 5) is 32.3. The van der Waals surface area contributed by atoms with Crippen molar-refractivity contribution in [2.75, 3.05) is 19.6 Å². The number of rotatable bonds is 8. The second-order valence-electron chi connectivity index (χ2n) is 12.4. The highest BCUT2D eigenvalue weighted by atomic mass is 35.5. The van der Waals surface area contributed by atoms with Crippen molar-refractivity contribution >= 4 is 24.2 Å². The molecule has 3 aliphatic rings. The zero-order valence-corrected chi connectivity index (χ0v) is 25.9. The Morgan fingerprint density at radius 3 is 2.29 bits per heavy atom. The number of piperidine rings is 1. The van der Waals surface area contributed by atoms with Crippen LogP contribution in [0, 0.1) is 26.7 Å². The molecule has 2 amide bonds. The summed E-state index contributed by atoms with van der Waals surface area (Å²) in [6.07, 6.45) is 7.27. The van der Waals surface area contributed by atoms with Gasteiger partial charge in [-0.05, 0) is 64.4 Å². The van der Waals surface area contributed by atoms with Gasteiger partial charge in [0.25, 0.3) is 0 Å². The normalized spacial score (nSPS) is 23.2. The molecule has 3 heterocycles. The van der Waals surface area contributed by atoms with Gasteiger partial charge >= 0.3 is 0 Å². The molecular weight excluding hydrogens is 538 g/mol. The number of halogens is 1. The zero-order chi connectivity index (χ0) is 28.4. The van der Waals surface area contributed by atoms with Gasteiger partial charge in [-0.1, -0.05) is 62.4 Å². The number of carbonyl (C=O) groups excluding carboxylic acids is 2. The molecule has 9 heteroatoms. The molecule has 226 valence electrons. The Hall–Kier alpha value is -2.42. The van der Waals surface area contributed by atoms with E-state index in [1.807, 2.05) is 11.8 Å². The first-order valence-electron chi connectivity index (χ1n) is 15.4. The summed E-state index contributed by atoms with van der Waals surface area (Å²) in [7, 11) is 0. The number of hydrogen-bond donors (Lipinski definition) is 3. The number of aliphatic hydroxyl groups excluding tert-OH is 1. The molecule has 1 aliphatic carbocycles. The van der Waals surface area contributed by atoms with Crippen LogP contribution in [0.4, 0.5) is 0 Å². The average Bonchev–Trinajstić information content (AvgIpc) is 3.30. The molecule has 1 unspecified atom stereocenters. The third-order valence-electron chi connectivity index (χ3n) is 9.81. The molecule has 1 aromatic heterocycles. The Kier molecular flexibility index (Phi) is 10.2. The fourth-order valence-electron chi connectivity index (χ4n) is 7.38. The average molecular weight is 586 g/mol. The van der Waals surface area contributed by atoms with E-state index in [4.69, 9.17) is 0 Å². The van der Waals surface area contributed by atoms with Gasteiger partial charge < -0.3 is 15.3 Å². The number of aryl methyl sites for hydroxylation is 3. The second-order valence-corrected chi connectivity index (χ2v) is 12.4. The van der Waals surface area contributed by atoms with Crippen LogP contribution in [0.15, 0.2) is 24.3 Å². The van der Waals surface area contributed by atoms with Crippen LogP contribution in [0.2, 0.25) is 0 Å². The number of nitrogens with zero attached hydrogens (tertiary/aromatic N) is 3. The highest BCUT2D eigenvalue weighted by Gasteiger charge is 2.55. The van der Waals surface area contributed by atoms with Crippen LogP contribution < -0.4 is 5.32 Å². The summed E-state index contributed by atoms with van der Waals surface area (Å²) in [5.74, 6) is -0.120. The van der Waals surface area contributed by atoms with Gasteiger partial charge in [-0.25, -0.2) is 0 Å². The lowest BCUT2D eigenvalue weighted by molar-refractivity contribution is -0.166. The van der Waals surface area contributed by atoms with Crippen molar-refractivity contribution < 1.29 is 14.7 Å². The van der Waals surface area contributed by atoms with E-state index in [0.717, 1.165) is 49.9 Å². The van der Waals surface area contributed by atoms with Crippen molar-refractivity contribution in [2.24, 2.45) is 5.92 Å². The molecule has 2 saturated heterocycles. The lowest BCUT2D eigenvalue weighted by atomic mass is 9.77. The van der Waals surface area contributed by atoms with Gasteiger partial charge in [-0.2, -0.15) is 5.10 Å². The van der Waals surface area contributed by atoms with Crippen LogP contribution in [-0.2, 0) is 9.59 Å². The fraction of sp³-hybridized carbons (Fsp3) is 0.656. The highest BCUT2D eigenvalue weighted by Crippen LogP contribution is 2.40. The topological polar surface area (TPSA) is 102 Å². The Morgan fingerprint density at radius 1 is 1.05 bits per heavy atom. The Bertz CT molecular complexity index is 1160. The van der Waals surface area contributed by atoms with Gasteiger partial charge in [0.2, 0.25) is 11.8 Å². The fourth-order valence-corrected chi connectivity index (χ4v) is 7.38. The maximum atomic E-state index is 14.0. The van der Waals surface area contributed by atoms with E-state index >= 15 is 0 Å². The molecule has 3 fully saturated rings. The second kappa shape index (κ2) is 13.3. The Balaban J connectivity index is 0.00000387. The van der Waals surface area contributed by atoms with E-state index in [9.17, 15) is 14.7 Å². The number of aliphatic hydroxyl groups is 1. The third kappa shape index (κ3) is 6.06. The van der Waals surface area contributed by atoms with E-state index < -0.39 is 17.7 Å². The summed E-state index contributed by atoms with van der Waals surface area (Å²) in [6, 6.07) is 7.86. The summed E-state index contributed by atoms with van der Waals surface area (Å²) >= 11 is 0. The minimum Gasteiger partial charge on any atom is -0.390 e. The van der Waals surface area contributed by atoms with E-state index in [1.165, 1.54) is 23.1 Å². The van der Waals surface area contributed by atoms with Crippen LogP contribution in [0.25, 0.3) is 0 Å². The molecule has 2 aliphatic heterocycles. The van der Waals surface area contributed by atoms with Gasteiger partial charge in [0, 0.05) is 30.9 Å². The Labute approximate surface area is 251 Å². The number of aromatic nitrogens is 2. The van der Waals surface area contributed by atoms with Gasteiger partial charge in [-0.15, -0.1) is 12.4 Å². The lowest BCUT2D eigenvalue weighted by Crippen LogP contribution is -2.75. The number of benzene rings is 1. The quantitative estimate of drug-likeness (QED) is 0.415. The van der Waals surface area contributed by atoms with Crippen molar-refractivity contribution in [1.29, 1.82) is 0 Å². The molecule has 5 rings (SSSR count). The van der Waals surface area contributed by atoms with E-state index in [1.54, 1.807) is 0 Å². The molecule has 0 bridgehead atoms. The zero-order valence-electron chi connectivity index (χ0n) is 25.1. The molecule has 41 heavy (non-hydrogen) atoms. The summed E-state index contributed by atoms with van der Waals surface area (Å²) < 4.78 is 0. The smallest absolute Gasteiger partial charge is 0.248 e. The summed E-state index contributed by atoms with van der Waals surface area (Å²) in [6.45, 7) is 10.2. The molecule has 1 spiro atoms. The van der Waals surface area contributed by atoms with Crippen LogP contribution in [0.5, 0.6) is 0 Å². The standard InChI is InChI=1S/C32H47N5O3.ClH/c1-5-6-18-37-30(39)27(29(38)25-10-8-7-9-11-25)33-31(40)32(37)16-19-36(20-17-32)28(24-14-12-21(2)13-15-24)26-22(3)34-35-23(26)4;/h12-15,25,27-29,38H,5-11,16-20H2,1-4H3,(H,33,40)(H,34,35);1H/t27-,28?,29-;/m1./s1. The molecule has 2 aromatic rings. The maximum Gasteiger partial charge on any atom is 0.248 e. The lowest BCUT2D eigenvalue weighted by Gasteiger charge is -2.53. The van der Waals surface area contributed by atoms with Crippen molar-refractivity contribution in [1.82, 2.24) is 25.3 Å². The maximum absolute atomic E-state index is 14.0. The van der Waals surface area contributed by atoms with Crippen molar-refractivity contribution in [3.63, 3.8) is 0 Å². The number of carbonyl (C=O) groups is 2. The van der Waals surface area contributed by atoms with E-state index in [2.05, 4.69) is 65.5 Å². The Morgan fingerprint density at radius 2 is 1.71 bits per heavy atom. The number of piperazine rings is 1. The predicted octanol–water partition coefficient (Wildman–Crippen LogP) is 4.75. The first-order chi connectivity index (χ1) is 19.3. The van der Waals surface area contributed by atoms with Gasteiger partial charge in [0.05, 0.1) is 17.8 Å². The summed E-state index contributed by atoms with van der Waals surface area (Å²) in [5, 5.41) is 22.0. The SMILES string of the molecule is CCCCN1C(=O)[C@@H]([C@H](O)C2CCCCC2)NC(=O)C12CCN(C(c1ccc(C)cc1)c1c(C)n[nH]c1C)CC2.Cl. The number of unbranched alkanes of at least 4 members (excludes halogenated alkanes) is 1. The van der Waals surface area contributed by atoms with Gasteiger partial charge in [-0.3, -0.25) is 19.6 Å². The predicted molar refractivity (Wildman–Crippen MR) is 163 cm³/mol. The first-order valence-corrected chi connectivity index (χ1v) is 15.4. The van der Waals surface area contributed by atoms with Crippen molar-refractivity contribution in [3.05, 3.63) is 52.3 Å². The molecular formula is C32H48ClN5O3. The number of aromatic amines is 1. The summed E-state index contributed by atoms with van der Waals surface area (Å²) in [5.41, 5.74) is 4.77. The molecule has 3 N–H and O–H groups in total. The minimum atomic E-state index is -0.871. The third-order valence-corrected chi connectivity index (χ3v) is 9.81. The van der Waals surface area contributed by atoms with Crippen molar-refractivity contribution in [2.45, 2.75) is 109 Å². The number of nitrogens with one attached hydrogen (secondary N) is 2. The highest BCUT2D eigenvalue weighted by molar-refractivity contribution is 6.00. The molecule has 1 aromatic carbocycles. The first kappa shape index (κ1) is 31.5. The molecule has 0 radical (unpaired) electrons. The van der Waals surface area contributed by atoms with Crippen LogP contribution in [0.1, 0.15) is 98.8 Å². The number of amides is 2. The molecule has 1 saturated carbocycles. The number of H-pyrrole nitrogens is 1. The molecule has 8 nitrogen and oxygen atoms in total.